The summed E-state index contributed by atoms with van der Waals surface area (Å²) in [6.45, 7) is 0. The minimum Gasteiger partial charge on any atom is -0.436 e. The van der Waals surface area contributed by atoms with E-state index in [1.54, 1.807) is 11.3 Å². The lowest BCUT2D eigenvalue weighted by molar-refractivity contribution is 0.560. The smallest absolute Gasteiger partial charge is 0.238 e. The molecule has 0 unspecified atom stereocenters. The van der Waals surface area contributed by atoms with E-state index in [1.165, 1.54) is 32.0 Å². The van der Waals surface area contributed by atoms with Crippen molar-refractivity contribution < 1.29 is 4.42 Å². The summed E-state index contributed by atoms with van der Waals surface area (Å²) in [4.78, 5) is 20.6. The second-order valence-electron chi connectivity index (χ2n) is 14.9. The van der Waals surface area contributed by atoms with Crippen molar-refractivity contribution in [3.8, 4) is 62.4 Å². The SMILES string of the molecule is C1=Cc2oc(-c3cccc(-c4ccc5sc6c(-c7nc(-c8ccccc8)nc(-n8c9ccccc9c9c(-c%10ccccc%10)cccc98)n7)cccc6c5c4)c3)nc2CC1. The standard InChI is InChI=1S/C52H33N5OS/c1-3-14-32(15-4-1)37-21-13-26-44-47(37)39-20-7-9-25-43(39)57(44)52-55-49(33-16-5-2-6-17-33)54-50(56-52)40-23-12-22-38-41-31-35(28-29-46(41)59-48(38)40)34-18-11-19-36(30-34)51-53-42-24-8-10-27-45(42)58-51/h1-7,9-23,25-31H,8,24H2. The number of hydrogen-bond acceptors (Lipinski definition) is 6. The molecule has 278 valence electrons. The van der Waals surface area contributed by atoms with Crippen molar-refractivity contribution >= 4 is 59.4 Å². The van der Waals surface area contributed by atoms with Crippen LogP contribution >= 0.6 is 11.3 Å². The molecule has 0 N–H and O–H groups in total. The van der Waals surface area contributed by atoms with Crippen molar-refractivity contribution in [2.24, 2.45) is 0 Å². The zero-order valence-corrected chi connectivity index (χ0v) is 32.5. The first-order chi connectivity index (χ1) is 29.2. The predicted octanol–water partition coefficient (Wildman–Crippen LogP) is 13.6. The average molecular weight is 776 g/mol. The van der Waals surface area contributed by atoms with Gasteiger partial charge in [-0.25, -0.2) is 9.97 Å². The number of nitrogens with zero attached hydrogens (tertiary/aromatic N) is 5. The Labute approximate surface area is 343 Å². The van der Waals surface area contributed by atoms with Gasteiger partial charge >= 0.3 is 0 Å². The molecule has 0 bridgehead atoms. The van der Waals surface area contributed by atoms with E-state index in [4.69, 9.17) is 24.4 Å². The fourth-order valence-corrected chi connectivity index (χ4v) is 9.78. The molecule has 59 heavy (non-hydrogen) atoms. The maximum Gasteiger partial charge on any atom is 0.238 e. The highest BCUT2D eigenvalue weighted by molar-refractivity contribution is 7.26. The third-order valence-electron chi connectivity index (χ3n) is 11.4. The van der Waals surface area contributed by atoms with E-state index >= 15 is 0 Å². The van der Waals surface area contributed by atoms with Crippen LogP contribution in [0.1, 0.15) is 17.9 Å². The quantitative estimate of drug-likeness (QED) is 0.168. The number of benzene rings is 7. The van der Waals surface area contributed by atoms with Gasteiger partial charge in [0.25, 0.3) is 0 Å². The van der Waals surface area contributed by atoms with Gasteiger partial charge in [-0.05, 0) is 83.6 Å². The van der Waals surface area contributed by atoms with Gasteiger partial charge in [0.15, 0.2) is 17.4 Å². The molecule has 7 heteroatoms. The summed E-state index contributed by atoms with van der Waals surface area (Å²) in [6.07, 6.45) is 6.09. The number of oxazole rings is 1. The fourth-order valence-electron chi connectivity index (χ4n) is 8.59. The number of aromatic nitrogens is 5. The Morgan fingerprint density at radius 1 is 0.508 bits per heavy atom. The highest BCUT2D eigenvalue weighted by Crippen LogP contribution is 2.43. The second-order valence-corrected chi connectivity index (χ2v) is 16.0. The Bertz CT molecular complexity index is 3450. The lowest BCUT2D eigenvalue weighted by Gasteiger charge is -2.11. The summed E-state index contributed by atoms with van der Waals surface area (Å²) in [5.41, 5.74) is 10.6. The molecule has 4 aromatic heterocycles. The summed E-state index contributed by atoms with van der Waals surface area (Å²) >= 11 is 1.77. The molecule has 1 aliphatic rings. The van der Waals surface area contributed by atoms with Gasteiger partial charge in [-0.1, -0.05) is 127 Å². The first-order valence-corrected chi connectivity index (χ1v) is 20.7. The molecule has 0 aliphatic heterocycles. The highest BCUT2D eigenvalue weighted by atomic mass is 32.1. The van der Waals surface area contributed by atoms with Crippen LogP contribution in [0.2, 0.25) is 0 Å². The number of hydrogen-bond donors (Lipinski definition) is 0. The van der Waals surface area contributed by atoms with Crippen LogP contribution in [0.4, 0.5) is 0 Å². The second kappa shape index (κ2) is 13.6. The lowest BCUT2D eigenvalue weighted by Crippen LogP contribution is -2.06. The Kier molecular flexibility index (Phi) is 7.74. The van der Waals surface area contributed by atoms with Crippen molar-refractivity contribution in [3.63, 3.8) is 0 Å². The molecule has 0 saturated heterocycles. The van der Waals surface area contributed by atoms with Crippen LogP contribution in [-0.4, -0.2) is 24.5 Å². The first kappa shape index (κ1) is 33.6. The normalized spacial score (nSPS) is 12.5. The van der Waals surface area contributed by atoms with Crippen molar-refractivity contribution in [1.29, 1.82) is 0 Å². The molecule has 6 nitrogen and oxygen atoms in total. The van der Waals surface area contributed by atoms with Crippen molar-refractivity contribution in [2.45, 2.75) is 12.8 Å². The van der Waals surface area contributed by atoms with Crippen LogP contribution in [0.25, 0.3) is 110 Å². The molecule has 1 aliphatic carbocycles. The van der Waals surface area contributed by atoms with E-state index in [0.29, 0.717) is 23.5 Å². The van der Waals surface area contributed by atoms with E-state index in [-0.39, 0.29) is 0 Å². The number of allylic oxidation sites excluding steroid dienone is 1. The number of fused-ring (bicyclic) bond motifs is 7. The molecule has 12 rings (SSSR count). The molecule has 11 aromatic rings. The average Bonchev–Trinajstić information content (AvgIpc) is 4.01. The van der Waals surface area contributed by atoms with Gasteiger partial charge in [0.05, 0.1) is 16.7 Å². The molecule has 0 amide bonds. The largest absolute Gasteiger partial charge is 0.436 e. The highest BCUT2D eigenvalue weighted by Gasteiger charge is 2.22. The number of rotatable bonds is 6. The van der Waals surface area contributed by atoms with Crippen LogP contribution < -0.4 is 0 Å². The summed E-state index contributed by atoms with van der Waals surface area (Å²) in [5, 5.41) is 4.68. The van der Waals surface area contributed by atoms with E-state index in [2.05, 4.69) is 156 Å². The lowest BCUT2D eigenvalue weighted by atomic mass is 9.99. The summed E-state index contributed by atoms with van der Waals surface area (Å²) in [5.74, 6) is 3.37. The topological polar surface area (TPSA) is 69.6 Å². The van der Waals surface area contributed by atoms with E-state index < -0.39 is 0 Å². The minimum absolute atomic E-state index is 0.577. The molecule has 0 saturated carbocycles. The summed E-state index contributed by atoms with van der Waals surface area (Å²) in [6, 6.07) is 57.5. The minimum atomic E-state index is 0.577. The molecule has 7 aromatic carbocycles. The van der Waals surface area contributed by atoms with Crippen LogP contribution in [0, 0.1) is 0 Å². The zero-order valence-electron chi connectivity index (χ0n) is 31.7. The number of aryl methyl sites for hydroxylation is 1. The van der Waals surface area contributed by atoms with Gasteiger partial charge in [-0.2, -0.15) is 9.97 Å². The van der Waals surface area contributed by atoms with Crippen LogP contribution in [-0.2, 0) is 6.42 Å². The van der Waals surface area contributed by atoms with E-state index in [0.717, 1.165) is 73.2 Å². The third-order valence-corrected chi connectivity index (χ3v) is 12.6. The number of thiophene rings is 1. The third kappa shape index (κ3) is 5.62. The molecular formula is C52H33N5OS. The van der Waals surface area contributed by atoms with E-state index in [1.807, 2.05) is 24.3 Å². The monoisotopic (exact) mass is 775 g/mol. The Morgan fingerprint density at radius 2 is 1.20 bits per heavy atom. The van der Waals surface area contributed by atoms with Gasteiger partial charge in [-0.3, -0.25) is 4.57 Å². The predicted molar refractivity (Wildman–Crippen MR) is 242 cm³/mol. The fraction of sp³-hybridized carbons (Fsp3) is 0.0385. The molecule has 4 heterocycles. The molecular weight excluding hydrogens is 743 g/mol. The van der Waals surface area contributed by atoms with E-state index in [9.17, 15) is 0 Å². The molecule has 0 fully saturated rings. The van der Waals surface area contributed by atoms with Gasteiger partial charge in [0.1, 0.15) is 0 Å². The zero-order chi connectivity index (χ0) is 38.9. The number of para-hydroxylation sites is 1. The molecule has 0 radical (unpaired) electrons. The van der Waals surface area contributed by atoms with Crippen LogP contribution in [0.3, 0.4) is 0 Å². The molecule has 0 atom stereocenters. The summed E-state index contributed by atoms with van der Waals surface area (Å²) in [7, 11) is 0. The van der Waals surface area contributed by atoms with Gasteiger partial charge < -0.3 is 4.42 Å². The first-order valence-electron chi connectivity index (χ1n) is 19.9. The van der Waals surface area contributed by atoms with Crippen molar-refractivity contribution in [3.05, 3.63) is 181 Å². The maximum absolute atomic E-state index is 6.17. The summed E-state index contributed by atoms with van der Waals surface area (Å²) < 4.78 is 10.7. The van der Waals surface area contributed by atoms with Crippen molar-refractivity contribution in [2.75, 3.05) is 0 Å². The maximum atomic E-state index is 6.17. The van der Waals surface area contributed by atoms with Gasteiger partial charge in [0, 0.05) is 47.6 Å². The Balaban J connectivity index is 1.03. The van der Waals surface area contributed by atoms with Crippen molar-refractivity contribution in [1.82, 2.24) is 24.5 Å². The Hall–Kier alpha value is -7.48. The van der Waals surface area contributed by atoms with Gasteiger partial charge in [-0.15, -0.1) is 11.3 Å². The van der Waals surface area contributed by atoms with Crippen LogP contribution in [0.5, 0.6) is 0 Å². The van der Waals surface area contributed by atoms with Gasteiger partial charge in [0.2, 0.25) is 11.8 Å². The van der Waals surface area contributed by atoms with Crippen LogP contribution in [0.15, 0.2) is 174 Å². The Morgan fingerprint density at radius 3 is 2.08 bits per heavy atom. The molecule has 0 spiro atoms.